The second kappa shape index (κ2) is 17.6. The molecule has 0 aliphatic carbocycles. The summed E-state index contributed by atoms with van der Waals surface area (Å²) in [4.78, 5) is 8.64. The van der Waals surface area contributed by atoms with Crippen LogP contribution in [0, 0.1) is 19.8 Å². The highest BCUT2D eigenvalue weighted by molar-refractivity contribution is 6.01. The molecule has 2 rings (SSSR count). The average Bonchev–Trinajstić information content (AvgIpc) is 2.77. The minimum atomic E-state index is 0.344. The van der Waals surface area contributed by atoms with Crippen molar-refractivity contribution in [3.63, 3.8) is 0 Å². The highest BCUT2D eigenvalue weighted by Gasteiger charge is 2.19. The van der Waals surface area contributed by atoms with Crippen LogP contribution in [0.1, 0.15) is 51.3 Å². The van der Waals surface area contributed by atoms with Crippen LogP contribution in [0.2, 0.25) is 0 Å². The van der Waals surface area contributed by atoms with Gasteiger partial charge in [0.05, 0.1) is 19.2 Å². The van der Waals surface area contributed by atoms with E-state index in [1.807, 2.05) is 77.9 Å². The van der Waals surface area contributed by atoms with Gasteiger partial charge in [0.25, 0.3) is 0 Å². The minimum absolute atomic E-state index is 0.344. The van der Waals surface area contributed by atoms with Crippen LogP contribution in [0.3, 0.4) is 0 Å². The second-order valence-corrected chi connectivity index (χ2v) is 4.85. The highest BCUT2D eigenvalue weighted by atomic mass is 16.5. The Labute approximate surface area is 171 Å². The van der Waals surface area contributed by atoms with Crippen molar-refractivity contribution < 1.29 is 9.94 Å². The van der Waals surface area contributed by atoms with Gasteiger partial charge in [-0.25, -0.2) is 10.0 Å². The molecule has 1 aromatic carbocycles. The van der Waals surface area contributed by atoms with E-state index >= 15 is 0 Å². The molecule has 5 heteroatoms. The molecule has 0 spiro atoms. The number of aromatic nitrogens is 1. The molecule has 5 nitrogen and oxygen atoms in total. The standard InChI is InChI=1S/C17H21N3O2.2C2H6.C2H2/c1-4-18-16(15-13(2)10-11-19-17(15)22-3)20(21)12-14-8-6-5-7-9-14;3*1-2/h5-11,21H,4,12H2,1-3H3;2*1-2H3;1-2H. The Bertz CT molecular complexity index is 683. The molecule has 154 valence electrons. The number of pyridine rings is 1. The van der Waals surface area contributed by atoms with Crippen molar-refractivity contribution >= 4 is 5.84 Å². The second-order valence-electron chi connectivity index (χ2n) is 4.85. The molecule has 1 heterocycles. The largest absolute Gasteiger partial charge is 0.480 e. The van der Waals surface area contributed by atoms with E-state index < -0.39 is 0 Å². The predicted octanol–water partition coefficient (Wildman–Crippen LogP) is 5.36. The topological polar surface area (TPSA) is 58.0 Å². The van der Waals surface area contributed by atoms with Gasteiger partial charge in [-0.05, 0) is 31.0 Å². The van der Waals surface area contributed by atoms with Gasteiger partial charge < -0.3 is 4.74 Å². The Morgan fingerprint density at radius 3 is 2.18 bits per heavy atom. The first-order valence-electron chi connectivity index (χ1n) is 9.55. The summed E-state index contributed by atoms with van der Waals surface area (Å²) in [6, 6.07) is 11.6. The summed E-state index contributed by atoms with van der Waals surface area (Å²) < 4.78 is 5.32. The number of amidine groups is 1. The Balaban J connectivity index is 0. The van der Waals surface area contributed by atoms with E-state index in [4.69, 9.17) is 4.74 Å². The number of aryl methyl sites for hydroxylation is 1. The van der Waals surface area contributed by atoms with Gasteiger partial charge in [0, 0.05) is 12.7 Å². The van der Waals surface area contributed by atoms with Crippen LogP contribution in [-0.2, 0) is 6.54 Å². The van der Waals surface area contributed by atoms with Crippen molar-refractivity contribution in [3.05, 3.63) is 59.3 Å². The van der Waals surface area contributed by atoms with Gasteiger partial charge in [-0.1, -0.05) is 58.0 Å². The summed E-state index contributed by atoms with van der Waals surface area (Å²) in [5.41, 5.74) is 2.66. The number of benzene rings is 1. The monoisotopic (exact) mass is 385 g/mol. The van der Waals surface area contributed by atoms with Crippen LogP contribution < -0.4 is 4.74 Å². The smallest absolute Gasteiger partial charge is 0.224 e. The van der Waals surface area contributed by atoms with E-state index in [1.54, 1.807) is 13.3 Å². The summed E-state index contributed by atoms with van der Waals surface area (Å²) in [5, 5.41) is 11.7. The van der Waals surface area contributed by atoms with Crippen LogP contribution in [0.25, 0.3) is 0 Å². The van der Waals surface area contributed by atoms with Crippen molar-refractivity contribution in [1.82, 2.24) is 10.0 Å². The molecule has 2 aromatic rings. The number of hydroxylamine groups is 2. The summed E-state index contributed by atoms with van der Waals surface area (Å²) >= 11 is 0. The lowest BCUT2D eigenvalue weighted by molar-refractivity contribution is -0.0225. The van der Waals surface area contributed by atoms with Gasteiger partial charge in [-0.2, -0.15) is 0 Å². The van der Waals surface area contributed by atoms with Gasteiger partial charge in [-0.3, -0.25) is 10.2 Å². The number of hydrogen-bond donors (Lipinski definition) is 1. The molecule has 1 N–H and O–H groups in total. The number of terminal acetylenes is 1. The third-order valence-corrected chi connectivity index (χ3v) is 3.27. The molecule has 1 aromatic heterocycles. The van der Waals surface area contributed by atoms with Crippen LogP contribution in [0.5, 0.6) is 5.88 Å². The maximum absolute atomic E-state index is 10.5. The fourth-order valence-corrected chi connectivity index (χ4v) is 2.23. The summed E-state index contributed by atoms with van der Waals surface area (Å²) in [5.74, 6) is 0.924. The maximum Gasteiger partial charge on any atom is 0.224 e. The molecule has 0 saturated heterocycles. The number of aliphatic imine (C=N–C) groups is 1. The molecule has 0 bridgehead atoms. The number of methoxy groups -OCH3 is 1. The number of ether oxygens (including phenoxy) is 1. The lowest BCUT2D eigenvalue weighted by Gasteiger charge is -2.21. The van der Waals surface area contributed by atoms with Crippen molar-refractivity contribution in [2.75, 3.05) is 13.7 Å². The summed E-state index contributed by atoms with van der Waals surface area (Å²) in [6.45, 7) is 12.8. The first-order valence-corrected chi connectivity index (χ1v) is 9.55. The fourth-order valence-electron chi connectivity index (χ4n) is 2.23. The van der Waals surface area contributed by atoms with Crippen LogP contribution in [0.4, 0.5) is 0 Å². The van der Waals surface area contributed by atoms with Gasteiger partial charge in [0.15, 0.2) is 5.84 Å². The summed E-state index contributed by atoms with van der Waals surface area (Å²) in [7, 11) is 1.56. The average molecular weight is 386 g/mol. The minimum Gasteiger partial charge on any atom is -0.480 e. The molecule has 0 atom stereocenters. The van der Waals surface area contributed by atoms with Gasteiger partial charge in [0.1, 0.15) is 0 Å². The van der Waals surface area contributed by atoms with Crippen LogP contribution in [-0.4, -0.2) is 34.7 Å². The number of nitrogens with zero attached hydrogens (tertiary/aromatic N) is 3. The zero-order chi connectivity index (χ0) is 21.9. The summed E-state index contributed by atoms with van der Waals surface area (Å²) in [6.07, 6.45) is 9.68. The molecule has 0 fully saturated rings. The van der Waals surface area contributed by atoms with Gasteiger partial charge in [-0.15, -0.1) is 12.8 Å². The van der Waals surface area contributed by atoms with Crippen molar-refractivity contribution in [3.8, 4) is 18.7 Å². The third kappa shape index (κ3) is 8.70. The first kappa shape index (κ1) is 27.4. The Morgan fingerprint density at radius 2 is 1.68 bits per heavy atom. The lowest BCUT2D eigenvalue weighted by Crippen LogP contribution is -2.29. The molecule has 0 aliphatic heterocycles. The fraction of sp³-hybridized carbons (Fsp3) is 0.391. The van der Waals surface area contributed by atoms with Crippen molar-refractivity contribution in [2.45, 2.75) is 48.1 Å². The highest BCUT2D eigenvalue weighted by Crippen LogP contribution is 2.22. The van der Waals surface area contributed by atoms with E-state index in [9.17, 15) is 5.21 Å². The SMILES string of the molecule is C#C.CC.CC.CCN=C(c1c(C)ccnc1OC)N(O)Cc1ccccc1. The number of rotatable bonds is 5. The van der Waals surface area contributed by atoms with Crippen LogP contribution >= 0.6 is 0 Å². The zero-order valence-electron chi connectivity index (χ0n) is 18.3. The molecule has 28 heavy (non-hydrogen) atoms. The number of hydrogen-bond acceptors (Lipinski definition) is 4. The lowest BCUT2D eigenvalue weighted by atomic mass is 10.1. The first-order chi connectivity index (χ1) is 13.7. The molecule has 0 unspecified atom stereocenters. The van der Waals surface area contributed by atoms with Gasteiger partial charge in [0.2, 0.25) is 5.88 Å². The third-order valence-electron chi connectivity index (χ3n) is 3.27. The van der Waals surface area contributed by atoms with E-state index in [2.05, 4.69) is 22.8 Å². The zero-order valence-corrected chi connectivity index (χ0v) is 18.3. The molecule has 0 saturated carbocycles. The van der Waals surface area contributed by atoms with E-state index in [1.165, 1.54) is 0 Å². The van der Waals surface area contributed by atoms with Crippen molar-refractivity contribution in [2.24, 2.45) is 4.99 Å². The predicted molar refractivity (Wildman–Crippen MR) is 119 cm³/mol. The van der Waals surface area contributed by atoms with E-state index in [-0.39, 0.29) is 0 Å². The Hall–Kier alpha value is -2.84. The molecule has 0 aliphatic rings. The van der Waals surface area contributed by atoms with E-state index in [0.29, 0.717) is 30.4 Å². The van der Waals surface area contributed by atoms with E-state index in [0.717, 1.165) is 16.2 Å². The Kier molecular flexibility index (Phi) is 17.2. The van der Waals surface area contributed by atoms with Gasteiger partial charge >= 0.3 is 0 Å². The van der Waals surface area contributed by atoms with Crippen LogP contribution in [0.15, 0.2) is 47.6 Å². The molecule has 0 amide bonds. The van der Waals surface area contributed by atoms with Crippen molar-refractivity contribution in [1.29, 1.82) is 0 Å². The quantitative estimate of drug-likeness (QED) is 0.326. The molecular weight excluding hydrogens is 350 g/mol. The normalized spacial score (nSPS) is 9.43. The molecular formula is C23H35N3O2. The maximum atomic E-state index is 10.5. The molecule has 0 radical (unpaired) electrons. The Morgan fingerprint density at radius 1 is 1.11 bits per heavy atom.